The van der Waals surface area contributed by atoms with Crippen LogP contribution in [0.1, 0.15) is 34.6 Å². The van der Waals surface area contributed by atoms with Gasteiger partial charge in [-0.2, -0.15) is 0 Å². The molecule has 0 aliphatic carbocycles. The molecule has 0 aliphatic heterocycles. The van der Waals surface area contributed by atoms with Crippen molar-refractivity contribution in [1.29, 1.82) is 0 Å². The third-order valence-corrected chi connectivity index (χ3v) is 1.92. The van der Waals surface area contributed by atoms with Crippen LogP contribution in [-0.4, -0.2) is 18.7 Å². The molecule has 3 heteroatoms. The zero-order valence-electron chi connectivity index (χ0n) is 9.72. The van der Waals surface area contributed by atoms with Crippen LogP contribution in [0.5, 0.6) is 0 Å². The van der Waals surface area contributed by atoms with Gasteiger partial charge in [0.15, 0.2) is 11.6 Å². The van der Waals surface area contributed by atoms with E-state index in [-0.39, 0.29) is 17.1 Å². The largest absolute Gasteiger partial charge is 0.501 e. The van der Waals surface area contributed by atoms with E-state index in [1.165, 1.54) is 14.0 Å². The molecule has 0 N–H and O–H groups in total. The van der Waals surface area contributed by atoms with Crippen LogP contribution < -0.4 is 0 Å². The first kappa shape index (κ1) is 12.9. The van der Waals surface area contributed by atoms with Gasteiger partial charge in [-0.1, -0.05) is 20.8 Å². The lowest BCUT2D eigenvalue weighted by Gasteiger charge is -2.18. The molecule has 0 aromatic rings. The number of methoxy groups -OCH3 is 1. The van der Waals surface area contributed by atoms with E-state index in [0.717, 1.165) is 0 Å². The van der Waals surface area contributed by atoms with Crippen molar-refractivity contribution in [2.24, 2.45) is 5.41 Å². The van der Waals surface area contributed by atoms with Gasteiger partial charge in [0.25, 0.3) is 0 Å². The molecular formula is C11H18O3. The number of ether oxygens (including phenoxy) is 1. The summed E-state index contributed by atoms with van der Waals surface area (Å²) in [5.74, 6) is -0.0361. The molecule has 0 unspecified atom stereocenters. The van der Waals surface area contributed by atoms with Crippen LogP contribution in [-0.2, 0) is 14.3 Å². The molecule has 0 saturated carbocycles. The Bertz CT molecular complexity index is 279. The van der Waals surface area contributed by atoms with Gasteiger partial charge in [-0.3, -0.25) is 9.59 Å². The quantitative estimate of drug-likeness (QED) is 0.302. The number of carbonyl (C=O) groups excluding carboxylic acids is 2. The number of allylic oxidation sites excluding steroid dienone is 2. The maximum atomic E-state index is 11.8. The van der Waals surface area contributed by atoms with Crippen LogP contribution in [0.4, 0.5) is 0 Å². The van der Waals surface area contributed by atoms with Gasteiger partial charge in [-0.15, -0.1) is 0 Å². The molecule has 0 rings (SSSR count). The van der Waals surface area contributed by atoms with Gasteiger partial charge in [-0.25, -0.2) is 0 Å². The second-order valence-corrected chi connectivity index (χ2v) is 4.27. The number of hydrogen-bond acceptors (Lipinski definition) is 3. The predicted molar refractivity (Wildman–Crippen MR) is 54.9 cm³/mol. The van der Waals surface area contributed by atoms with E-state index in [9.17, 15) is 9.59 Å². The molecule has 0 fully saturated rings. The lowest BCUT2D eigenvalue weighted by atomic mass is 9.84. The van der Waals surface area contributed by atoms with Crippen molar-refractivity contribution in [3.8, 4) is 0 Å². The van der Waals surface area contributed by atoms with E-state index < -0.39 is 5.41 Å². The molecule has 80 valence electrons. The summed E-state index contributed by atoms with van der Waals surface area (Å²) in [4.78, 5) is 23.1. The summed E-state index contributed by atoms with van der Waals surface area (Å²) in [7, 11) is 1.45. The van der Waals surface area contributed by atoms with Crippen molar-refractivity contribution in [2.45, 2.75) is 34.6 Å². The molecule has 0 heterocycles. The van der Waals surface area contributed by atoms with Crippen molar-refractivity contribution in [1.82, 2.24) is 0 Å². The molecule has 0 radical (unpaired) electrons. The molecule has 3 nitrogen and oxygen atoms in total. The van der Waals surface area contributed by atoms with E-state index in [4.69, 9.17) is 4.74 Å². The summed E-state index contributed by atoms with van der Waals surface area (Å²) in [5.41, 5.74) is -0.388. The Kier molecular flexibility index (Phi) is 4.05. The van der Waals surface area contributed by atoms with E-state index in [1.807, 2.05) is 0 Å². The monoisotopic (exact) mass is 198 g/mol. The van der Waals surface area contributed by atoms with E-state index in [1.54, 1.807) is 27.7 Å². The average Bonchev–Trinajstić information content (AvgIpc) is 2.01. The highest BCUT2D eigenvalue weighted by atomic mass is 16.5. The van der Waals surface area contributed by atoms with Crippen molar-refractivity contribution >= 4 is 11.6 Å². The number of Topliss-reactive ketones (excluding diaryl/α,β-unsaturated/α-hetero) is 2. The Hall–Kier alpha value is -1.12. The van der Waals surface area contributed by atoms with Gasteiger partial charge < -0.3 is 4.74 Å². The van der Waals surface area contributed by atoms with Crippen LogP contribution in [0.2, 0.25) is 0 Å². The smallest absolute Gasteiger partial charge is 0.175 e. The Balaban J connectivity index is 5.28. The van der Waals surface area contributed by atoms with Gasteiger partial charge in [0, 0.05) is 5.41 Å². The second kappa shape index (κ2) is 4.40. The Morgan fingerprint density at radius 2 is 1.50 bits per heavy atom. The van der Waals surface area contributed by atoms with Gasteiger partial charge in [0.2, 0.25) is 0 Å². The second-order valence-electron chi connectivity index (χ2n) is 4.27. The average molecular weight is 198 g/mol. The van der Waals surface area contributed by atoms with E-state index in [0.29, 0.717) is 5.76 Å². The van der Waals surface area contributed by atoms with E-state index >= 15 is 0 Å². The standard InChI is InChI=1S/C11H18O3/c1-7(12)9(8(2)14-6)10(13)11(3,4)5/h1-6H3/b9-8-. The molecule has 0 aliphatic rings. The van der Waals surface area contributed by atoms with Gasteiger partial charge in [0.05, 0.1) is 12.7 Å². The summed E-state index contributed by atoms with van der Waals surface area (Å²) in [6.07, 6.45) is 0. The molecule has 0 atom stereocenters. The molecule has 0 aromatic carbocycles. The first-order valence-corrected chi connectivity index (χ1v) is 4.52. The highest BCUT2D eigenvalue weighted by Crippen LogP contribution is 2.22. The zero-order chi connectivity index (χ0) is 11.5. The number of carbonyl (C=O) groups is 2. The molecule has 0 bridgehead atoms. The Morgan fingerprint density at radius 3 is 1.71 bits per heavy atom. The third kappa shape index (κ3) is 2.98. The normalized spacial score (nSPS) is 13.3. The Labute approximate surface area is 85.1 Å². The van der Waals surface area contributed by atoms with Crippen molar-refractivity contribution in [2.75, 3.05) is 7.11 Å². The van der Waals surface area contributed by atoms with E-state index in [2.05, 4.69) is 0 Å². The number of ketones is 2. The summed E-state index contributed by atoms with van der Waals surface area (Å²) < 4.78 is 4.93. The summed E-state index contributed by atoms with van der Waals surface area (Å²) in [6.45, 7) is 8.34. The highest BCUT2D eigenvalue weighted by molar-refractivity contribution is 6.21. The van der Waals surface area contributed by atoms with Crippen LogP contribution in [0.25, 0.3) is 0 Å². The van der Waals surface area contributed by atoms with Gasteiger partial charge in [-0.05, 0) is 13.8 Å². The summed E-state index contributed by atoms with van der Waals surface area (Å²) >= 11 is 0. The highest BCUT2D eigenvalue weighted by Gasteiger charge is 2.29. The fraction of sp³-hybridized carbons (Fsp3) is 0.636. The lowest BCUT2D eigenvalue weighted by Crippen LogP contribution is -2.26. The minimum Gasteiger partial charge on any atom is -0.501 e. The minimum atomic E-state index is -0.555. The predicted octanol–water partition coefficient (Wildman–Crippen LogP) is 2.11. The fourth-order valence-electron chi connectivity index (χ4n) is 1.04. The van der Waals surface area contributed by atoms with Gasteiger partial charge in [0.1, 0.15) is 5.76 Å². The lowest BCUT2D eigenvalue weighted by molar-refractivity contribution is -0.125. The minimum absolute atomic E-state index is 0.167. The molecule has 0 spiro atoms. The van der Waals surface area contributed by atoms with Crippen molar-refractivity contribution in [3.05, 3.63) is 11.3 Å². The molecular weight excluding hydrogens is 180 g/mol. The molecule has 0 aromatic heterocycles. The molecule has 0 saturated heterocycles. The maximum Gasteiger partial charge on any atom is 0.175 e. The zero-order valence-corrected chi connectivity index (χ0v) is 9.72. The molecule has 0 amide bonds. The number of rotatable bonds is 3. The fourth-order valence-corrected chi connectivity index (χ4v) is 1.04. The summed E-state index contributed by atoms with van der Waals surface area (Å²) in [5, 5.41) is 0. The van der Waals surface area contributed by atoms with Crippen LogP contribution in [0.3, 0.4) is 0 Å². The SMILES string of the molecule is CO/C(C)=C(/C(C)=O)C(=O)C(C)(C)C. The van der Waals surface area contributed by atoms with Crippen LogP contribution in [0.15, 0.2) is 11.3 Å². The first-order valence-electron chi connectivity index (χ1n) is 4.52. The van der Waals surface area contributed by atoms with Crippen molar-refractivity contribution in [3.63, 3.8) is 0 Å². The summed E-state index contributed by atoms with van der Waals surface area (Å²) in [6, 6.07) is 0. The van der Waals surface area contributed by atoms with Crippen molar-refractivity contribution < 1.29 is 14.3 Å². The Morgan fingerprint density at radius 1 is 1.07 bits per heavy atom. The first-order chi connectivity index (χ1) is 6.21. The molecule has 14 heavy (non-hydrogen) atoms. The van der Waals surface area contributed by atoms with Crippen LogP contribution in [0, 0.1) is 5.41 Å². The van der Waals surface area contributed by atoms with Crippen LogP contribution >= 0.6 is 0 Å². The third-order valence-electron chi connectivity index (χ3n) is 1.92. The van der Waals surface area contributed by atoms with Gasteiger partial charge >= 0.3 is 0 Å². The topological polar surface area (TPSA) is 43.4 Å². The number of hydrogen-bond donors (Lipinski definition) is 0. The maximum absolute atomic E-state index is 11.8.